The maximum Gasteiger partial charge on any atom is 0.118 e. The van der Waals surface area contributed by atoms with Crippen molar-refractivity contribution in [1.29, 1.82) is 5.26 Å². The maximum absolute atomic E-state index is 8.73. The Hall–Kier alpha value is -1.40. The van der Waals surface area contributed by atoms with Crippen molar-refractivity contribution in [1.82, 2.24) is 0 Å². The van der Waals surface area contributed by atoms with Gasteiger partial charge in [-0.25, -0.2) is 0 Å². The number of nitriles is 1. The SMILES string of the molecule is CCC(C#N)=CSc1ccc(OC)cc1. The fourth-order valence-corrected chi connectivity index (χ4v) is 1.77. The molecular formula is C12H13NOS. The van der Waals surface area contributed by atoms with Gasteiger partial charge < -0.3 is 4.74 Å². The van der Waals surface area contributed by atoms with Crippen molar-refractivity contribution < 1.29 is 4.74 Å². The van der Waals surface area contributed by atoms with E-state index in [9.17, 15) is 0 Å². The lowest BCUT2D eigenvalue weighted by atomic mass is 10.3. The Labute approximate surface area is 94.6 Å². The summed E-state index contributed by atoms with van der Waals surface area (Å²) < 4.78 is 5.06. The van der Waals surface area contributed by atoms with E-state index in [-0.39, 0.29) is 0 Å². The summed E-state index contributed by atoms with van der Waals surface area (Å²) in [4.78, 5) is 1.11. The van der Waals surface area contributed by atoms with Gasteiger partial charge in [0.2, 0.25) is 0 Å². The molecule has 0 atom stereocenters. The van der Waals surface area contributed by atoms with Gasteiger partial charge in [-0.15, -0.1) is 0 Å². The molecule has 0 aromatic heterocycles. The molecule has 3 heteroatoms. The highest BCUT2D eigenvalue weighted by molar-refractivity contribution is 8.02. The van der Waals surface area contributed by atoms with Crippen LogP contribution in [0, 0.1) is 11.3 Å². The minimum Gasteiger partial charge on any atom is -0.497 e. The molecule has 0 aliphatic carbocycles. The summed E-state index contributed by atoms with van der Waals surface area (Å²) >= 11 is 1.56. The van der Waals surface area contributed by atoms with Crippen molar-refractivity contribution in [2.75, 3.05) is 7.11 Å². The molecule has 0 N–H and O–H groups in total. The lowest BCUT2D eigenvalue weighted by molar-refractivity contribution is 0.414. The Balaban J connectivity index is 2.66. The van der Waals surface area contributed by atoms with E-state index in [1.807, 2.05) is 36.6 Å². The highest BCUT2D eigenvalue weighted by atomic mass is 32.2. The molecule has 0 heterocycles. The topological polar surface area (TPSA) is 33.0 Å². The normalized spacial score (nSPS) is 10.9. The first-order chi connectivity index (χ1) is 7.30. The van der Waals surface area contributed by atoms with Gasteiger partial charge in [-0.2, -0.15) is 5.26 Å². The first kappa shape index (κ1) is 11.7. The Kier molecular flexibility index (Phi) is 4.79. The molecule has 0 radical (unpaired) electrons. The highest BCUT2D eigenvalue weighted by Gasteiger charge is 1.95. The molecule has 0 saturated heterocycles. The predicted octanol–water partition coefficient (Wildman–Crippen LogP) is 3.60. The van der Waals surface area contributed by atoms with Crippen LogP contribution in [0.3, 0.4) is 0 Å². The van der Waals surface area contributed by atoms with Crippen LogP contribution in [0.25, 0.3) is 0 Å². The zero-order valence-electron chi connectivity index (χ0n) is 8.86. The standard InChI is InChI=1S/C12H13NOS/c1-3-10(8-13)9-15-12-6-4-11(14-2)5-7-12/h4-7,9H,3H2,1-2H3. The van der Waals surface area contributed by atoms with E-state index < -0.39 is 0 Å². The second kappa shape index (κ2) is 6.15. The minimum absolute atomic E-state index is 0.777. The fraction of sp³-hybridized carbons (Fsp3) is 0.250. The van der Waals surface area contributed by atoms with Gasteiger partial charge in [0.25, 0.3) is 0 Å². The van der Waals surface area contributed by atoms with Gasteiger partial charge in [0, 0.05) is 10.5 Å². The summed E-state index contributed by atoms with van der Waals surface area (Å²) in [6.45, 7) is 1.98. The summed E-state index contributed by atoms with van der Waals surface area (Å²) in [5.74, 6) is 0.847. The maximum atomic E-state index is 8.73. The van der Waals surface area contributed by atoms with Crippen LogP contribution >= 0.6 is 11.8 Å². The van der Waals surface area contributed by atoms with E-state index >= 15 is 0 Å². The third-order valence-corrected chi connectivity index (χ3v) is 2.87. The number of hydrogen-bond acceptors (Lipinski definition) is 3. The molecule has 0 bridgehead atoms. The van der Waals surface area contributed by atoms with Gasteiger partial charge in [0.05, 0.1) is 13.2 Å². The smallest absolute Gasteiger partial charge is 0.118 e. The number of benzene rings is 1. The van der Waals surface area contributed by atoms with E-state index in [4.69, 9.17) is 10.00 Å². The van der Waals surface area contributed by atoms with Gasteiger partial charge in [-0.1, -0.05) is 18.7 Å². The Morgan fingerprint density at radius 2 is 2.13 bits per heavy atom. The molecule has 0 unspecified atom stereocenters. The zero-order chi connectivity index (χ0) is 11.1. The molecule has 0 aliphatic heterocycles. The highest BCUT2D eigenvalue weighted by Crippen LogP contribution is 2.23. The molecule has 0 spiro atoms. The summed E-state index contributed by atoms with van der Waals surface area (Å²) in [6.07, 6.45) is 0.777. The lowest BCUT2D eigenvalue weighted by Crippen LogP contribution is -1.80. The van der Waals surface area contributed by atoms with E-state index in [0.717, 1.165) is 22.6 Å². The quantitative estimate of drug-likeness (QED) is 0.573. The van der Waals surface area contributed by atoms with Crippen LogP contribution in [0.1, 0.15) is 13.3 Å². The van der Waals surface area contributed by atoms with Crippen molar-refractivity contribution in [2.45, 2.75) is 18.2 Å². The van der Waals surface area contributed by atoms with E-state index in [1.54, 1.807) is 18.9 Å². The van der Waals surface area contributed by atoms with Crippen molar-refractivity contribution in [3.8, 4) is 11.8 Å². The molecule has 0 amide bonds. The predicted molar refractivity (Wildman–Crippen MR) is 62.8 cm³/mol. The second-order valence-electron chi connectivity index (χ2n) is 2.90. The summed E-state index contributed by atoms with van der Waals surface area (Å²) in [5, 5.41) is 10.6. The van der Waals surface area contributed by atoms with Crippen molar-refractivity contribution in [2.24, 2.45) is 0 Å². The molecule has 15 heavy (non-hydrogen) atoms. The molecule has 1 rings (SSSR count). The van der Waals surface area contributed by atoms with E-state index in [1.165, 1.54) is 0 Å². The molecular weight excluding hydrogens is 206 g/mol. The van der Waals surface area contributed by atoms with Crippen molar-refractivity contribution >= 4 is 11.8 Å². The van der Waals surface area contributed by atoms with E-state index in [0.29, 0.717) is 0 Å². The molecule has 0 fully saturated rings. The van der Waals surface area contributed by atoms with Gasteiger partial charge in [-0.3, -0.25) is 0 Å². The average molecular weight is 219 g/mol. The number of thioether (sulfide) groups is 1. The summed E-state index contributed by atoms with van der Waals surface area (Å²) in [5.41, 5.74) is 0.802. The molecule has 2 nitrogen and oxygen atoms in total. The van der Waals surface area contributed by atoms with Crippen molar-refractivity contribution in [3.63, 3.8) is 0 Å². The van der Waals surface area contributed by atoms with Crippen LogP contribution in [0.5, 0.6) is 5.75 Å². The summed E-state index contributed by atoms with van der Waals surface area (Å²) in [6, 6.07) is 9.94. The average Bonchev–Trinajstić information content (AvgIpc) is 2.31. The van der Waals surface area contributed by atoms with Gasteiger partial charge in [-0.05, 0) is 36.1 Å². The van der Waals surface area contributed by atoms with Crippen LogP contribution in [-0.2, 0) is 0 Å². The van der Waals surface area contributed by atoms with Crippen LogP contribution in [-0.4, -0.2) is 7.11 Å². The number of ether oxygens (including phenoxy) is 1. The number of hydrogen-bond donors (Lipinski definition) is 0. The van der Waals surface area contributed by atoms with Gasteiger partial charge in [0.1, 0.15) is 5.75 Å². The molecule has 1 aromatic rings. The third-order valence-electron chi connectivity index (χ3n) is 1.92. The number of nitrogens with zero attached hydrogens (tertiary/aromatic N) is 1. The lowest BCUT2D eigenvalue weighted by Gasteiger charge is -2.00. The van der Waals surface area contributed by atoms with Gasteiger partial charge in [0.15, 0.2) is 0 Å². The first-order valence-electron chi connectivity index (χ1n) is 4.70. The number of rotatable bonds is 4. The van der Waals surface area contributed by atoms with Crippen LogP contribution in [0.15, 0.2) is 40.1 Å². The summed E-state index contributed by atoms with van der Waals surface area (Å²) in [7, 11) is 1.65. The molecule has 78 valence electrons. The van der Waals surface area contributed by atoms with Crippen LogP contribution in [0.2, 0.25) is 0 Å². The van der Waals surface area contributed by atoms with E-state index in [2.05, 4.69) is 6.07 Å². The van der Waals surface area contributed by atoms with Crippen LogP contribution < -0.4 is 4.74 Å². The van der Waals surface area contributed by atoms with Gasteiger partial charge >= 0.3 is 0 Å². The second-order valence-corrected chi connectivity index (χ2v) is 3.84. The van der Waals surface area contributed by atoms with Crippen LogP contribution in [0.4, 0.5) is 0 Å². The Morgan fingerprint density at radius 3 is 2.60 bits per heavy atom. The number of allylic oxidation sites excluding steroid dienone is 1. The Bertz CT molecular complexity index is 376. The van der Waals surface area contributed by atoms with Crippen molar-refractivity contribution in [3.05, 3.63) is 35.2 Å². The minimum atomic E-state index is 0.777. The third kappa shape index (κ3) is 3.69. The zero-order valence-corrected chi connectivity index (χ0v) is 9.67. The fourth-order valence-electron chi connectivity index (χ4n) is 0.982. The number of methoxy groups -OCH3 is 1. The molecule has 0 saturated carbocycles. The molecule has 1 aromatic carbocycles. The monoisotopic (exact) mass is 219 g/mol. The Morgan fingerprint density at radius 1 is 1.47 bits per heavy atom. The first-order valence-corrected chi connectivity index (χ1v) is 5.58. The largest absolute Gasteiger partial charge is 0.497 e. The molecule has 0 aliphatic rings.